The van der Waals surface area contributed by atoms with Crippen LogP contribution in [0.25, 0.3) is 16.8 Å². The first-order valence-electron chi connectivity index (χ1n) is 12.2. The molecule has 1 saturated heterocycles. The normalized spacial score (nSPS) is 18.8. The van der Waals surface area contributed by atoms with Crippen LogP contribution in [0.1, 0.15) is 29.8 Å². The first-order chi connectivity index (χ1) is 19.9. The van der Waals surface area contributed by atoms with Crippen LogP contribution in [0.4, 0.5) is 36.6 Å². The van der Waals surface area contributed by atoms with E-state index in [1.54, 1.807) is 0 Å². The average Bonchev–Trinajstić information content (AvgIpc) is 3.48. The number of alkyl halides is 7. The Morgan fingerprint density at radius 2 is 1.77 bits per heavy atom. The summed E-state index contributed by atoms with van der Waals surface area (Å²) in [5.74, 6) is -4.39. The van der Waals surface area contributed by atoms with Gasteiger partial charge in [-0.3, -0.25) is 14.4 Å². The van der Waals surface area contributed by atoms with Gasteiger partial charge in [0.05, 0.1) is 31.0 Å². The number of likely N-dealkylation sites (tertiary alicyclic amines) is 1. The number of fused-ring (bicyclic) bond motifs is 1. The van der Waals surface area contributed by atoms with E-state index in [1.165, 1.54) is 0 Å². The molecule has 4 rings (SSSR count). The number of pyridine rings is 1. The van der Waals surface area contributed by atoms with E-state index >= 15 is 0 Å². The molecule has 3 aromatic heterocycles. The van der Waals surface area contributed by atoms with Crippen LogP contribution in [0, 0.1) is 0 Å². The second-order valence-corrected chi connectivity index (χ2v) is 9.65. The summed E-state index contributed by atoms with van der Waals surface area (Å²) < 4.78 is 102. The molecular weight excluding hydrogens is 599 g/mol. The van der Waals surface area contributed by atoms with Gasteiger partial charge in [0.25, 0.3) is 11.8 Å². The van der Waals surface area contributed by atoms with Crippen LogP contribution in [0.2, 0.25) is 0 Å². The molecule has 1 aliphatic rings. The van der Waals surface area contributed by atoms with Gasteiger partial charge in [-0.25, -0.2) is 18.9 Å². The average molecular weight is 621 g/mol. The molecule has 43 heavy (non-hydrogen) atoms. The Morgan fingerprint density at radius 1 is 1.09 bits per heavy atom. The lowest BCUT2D eigenvalue weighted by atomic mass is 10.1. The number of aromatic nitrogens is 4. The SMILES string of the molecule is COc1ncc(-c2cc(C(F)(F)F)c3c(NC(C)=O)ncnn23)cc1C(=O)N[C@@H]1CN(C(=O)C(C)(O)C(F)(F)F)C[C@@H]1F. The van der Waals surface area contributed by atoms with E-state index < -0.39 is 83.4 Å². The Balaban J connectivity index is 1.69. The lowest BCUT2D eigenvalue weighted by Gasteiger charge is -2.29. The van der Waals surface area contributed by atoms with Gasteiger partial charge in [-0.05, 0) is 19.1 Å². The summed E-state index contributed by atoms with van der Waals surface area (Å²) in [5, 5.41) is 17.9. The molecule has 0 aromatic carbocycles. The highest BCUT2D eigenvalue weighted by atomic mass is 19.4. The molecule has 0 aliphatic carbocycles. The van der Waals surface area contributed by atoms with E-state index in [-0.39, 0.29) is 24.1 Å². The van der Waals surface area contributed by atoms with Crippen molar-refractivity contribution in [2.24, 2.45) is 0 Å². The molecular formula is C24H22F7N7O5. The summed E-state index contributed by atoms with van der Waals surface area (Å²) in [5.41, 5.74) is -6.38. The third kappa shape index (κ3) is 5.88. The molecule has 19 heteroatoms. The number of carbonyl (C=O) groups excluding carboxylic acids is 3. The van der Waals surface area contributed by atoms with Crippen molar-refractivity contribution in [2.45, 2.75) is 44.0 Å². The number of nitrogens with one attached hydrogen (secondary N) is 2. The minimum atomic E-state index is -5.35. The fourth-order valence-electron chi connectivity index (χ4n) is 4.38. The first-order valence-corrected chi connectivity index (χ1v) is 12.2. The van der Waals surface area contributed by atoms with Crippen molar-refractivity contribution >= 4 is 29.1 Å². The van der Waals surface area contributed by atoms with Crippen molar-refractivity contribution in [1.29, 1.82) is 0 Å². The maximum atomic E-state index is 14.7. The molecule has 4 heterocycles. The van der Waals surface area contributed by atoms with E-state index in [2.05, 4.69) is 25.7 Å². The number of nitrogens with zero attached hydrogens (tertiary/aromatic N) is 5. The monoisotopic (exact) mass is 621 g/mol. The van der Waals surface area contributed by atoms with Crippen molar-refractivity contribution in [3.05, 3.63) is 35.8 Å². The maximum Gasteiger partial charge on any atom is 0.426 e. The quantitative estimate of drug-likeness (QED) is 0.355. The molecule has 0 radical (unpaired) electrons. The molecule has 3 N–H and O–H groups in total. The third-order valence-electron chi connectivity index (χ3n) is 6.56. The van der Waals surface area contributed by atoms with Gasteiger partial charge >= 0.3 is 12.4 Å². The molecule has 3 atom stereocenters. The molecule has 12 nitrogen and oxygen atoms in total. The van der Waals surface area contributed by atoms with Gasteiger partial charge in [0.1, 0.15) is 23.6 Å². The number of rotatable bonds is 6. The Hall–Kier alpha value is -4.55. The molecule has 232 valence electrons. The predicted molar refractivity (Wildman–Crippen MR) is 131 cm³/mol. The number of halogens is 7. The summed E-state index contributed by atoms with van der Waals surface area (Å²) in [6.45, 7) is -0.309. The van der Waals surface area contributed by atoms with Crippen LogP contribution in [0.15, 0.2) is 24.7 Å². The van der Waals surface area contributed by atoms with Crippen molar-refractivity contribution in [1.82, 2.24) is 29.8 Å². The fraction of sp³-hybridized carbons (Fsp3) is 0.417. The smallest absolute Gasteiger partial charge is 0.426 e. The minimum Gasteiger partial charge on any atom is -0.480 e. The third-order valence-corrected chi connectivity index (χ3v) is 6.56. The van der Waals surface area contributed by atoms with Gasteiger partial charge in [0.15, 0.2) is 5.82 Å². The van der Waals surface area contributed by atoms with Crippen LogP contribution >= 0.6 is 0 Å². The zero-order chi connectivity index (χ0) is 32.1. The van der Waals surface area contributed by atoms with Crippen molar-refractivity contribution in [3.8, 4) is 17.1 Å². The summed E-state index contributed by atoms with van der Waals surface area (Å²) >= 11 is 0. The Kier molecular flexibility index (Phi) is 7.98. The topological polar surface area (TPSA) is 151 Å². The Labute approximate surface area is 236 Å². The number of carbonyl (C=O) groups is 3. The van der Waals surface area contributed by atoms with E-state index in [9.17, 15) is 50.2 Å². The molecule has 1 fully saturated rings. The summed E-state index contributed by atoms with van der Waals surface area (Å²) in [6, 6.07) is 0.223. The van der Waals surface area contributed by atoms with Crippen LogP contribution in [-0.2, 0) is 15.8 Å². The maximum absolute atomic E-state index is 14.7. The largest absolute Gasteiger partial charge is 0.480 e. The van der Waals surface area contributed by atoms with E-state index in [0.717, 1.165) is 37.1 Å². The van der Waals surface area contributed by atoms with Gasteiger partial charge in [-0.2, -0.15) is 31.4 Å². The van der Waals surface area contributed by atoms with Gasteiger partial charge in [-0.1, -0.05) is 0 Å². The number of ether oxygens (including phenoxy) is 1. The molecule has 1 aliphatic heterocycles. The van der Waals surface area contributed by atoms with E-state index in [4.69, 9.17) is 4.74 Å². The van der Waals surface area contributed by atoms with E-state index in [0.29, 0.717) is 11.0 Å². The Bertz CT molecular complexity index is 1590. The number of aliphatic hydroxyl groups is 1. The van der Waals surface area contributed by atoms with Gasteiger partial charge in [0, 0.05) is 25.2 Å². The fourth-order valence-corrected chi connectivity index (χ4v) is 4.38. The predicted octanol–water partition coefficient (Wildman–Crippen LogP) is 2.37. The minimum absolute atomic E-state index is 0.106. The highest BCUT2D eigenvalue weighted by Crippen LogP contribution is 2.40. The molecule has 0 saturated carbocycles. The number of hydrogen-bond acceptors (Lipinski definition) is 8. The second-order valence-electron chi connectivity index (χ2n) is 9.65. The molecule has 3 aromatic rings. The van der Waals surface area contributed by atoms with Crippen molar-refractivity contribution < 1.29 is 55.0 Å². The van der Waals surface area contributed by atoms with E-state index in [1.807, 2.05) is 0 Å². The summed E-state index contributed by atoms with van der Waals surface area (Å²) in [7, 11) is 1.12. The summed E-state index contributed by atoms with van der Waals surface area (Å²) in [4.78, 5) is 45.0. The standard InChI is InChI=1S/C24H22F7N7O5/c1-10(39)35-18-17-13(23(26,27)28)5-16(38(17)34-9-33-18)11-4-12(20(43-3)32-6-11)19(40)36-15-8-37(7-14(15)25)21(41)22(2,42)24(29,30)31/h4-6,9,14-15,42H,7-8H2,1-3H3,(H,36,40)(H,33,34,35,39)/t14-,15+,22?/m0/s1. The molecule has 0 bridgehead atoms. The second kappa shape index (κ2) is 10.9. The number of amides is 3. The molecule has 1 unspecified atom stereocenters. The first kappa shape index (κ1) is 31.4. The zero-order valence-corrected chi connectivity index (χ0v) is 22.3. The van der Waals surface area contributed by atoms with Crippen molar-refractivity contribution in [2.75, 3.05) is 25.5 Å². The van der Waals surface area contributed by atoms with Gasteiger partial charge < -0.3 is 25.4 Å². The highest BCUT2D eigenvalue weighted by molar-refractivity contribution is 5.98. The summed E-state index contributed by atoms with van der Waals surface area (Å²) in [6.07, 6.45) is -10.4. The Morgan fingerprint density at radius 3 is 2.35 bits per heavy atom. The van der Waals surface area contributed by atoms with Gasteiger partial charge in [-0.15, -0.1) is 0 Å². The lowest BCUT2D eigenvalue weighted by Crippen LogP contribution is -2.56. The number of anilines is 1. The van der Waals surface area contributed by atoms with Crippen LogP contribution < -0.4 is 15.4 Å². The van der Waals surface area contributed by atoms with Crippen LogP contribution in [-0.4, -0.2) is 91.5 Å². The van der Waals surface area contributed by atoms with Gasteiger partial charge in [0.2, 0.25) is 17.4 Å². The molecule has 3 amide bonds. The van der Waals surface area contributed by atoms with Crippen LogP contribution in [0.5, 0.6) is 5.88 Å². The lowest BCUT2D eigenvalue weighted by molar-refractivity contribution is -0.249. The highest BCUT2D eigenvalue weighted by Gasteiger charge is 2.58. The number of methoxy groups -OCH3 is 1. The molecule has 0 spiro atoms. The van der Waals surface area contributed by atoms with Crippen LogP contribution in [0.3, 0.4) is 0 Å². The zero-order valence-electron chi connectivity index (χ0n) is 22.3. The van der Waals surface area contributed by atoms with Crippen molar-refractivity contribution in [3.63, 3.8) is 0 Å². The number of hydrogen-bond donors (Lipinski definition) is 3.